The van der Waals surface area contributed by atoms with Gasteiger partial charge >= 0.3 is 0 Å². The number of nitrogens with zero attached hydrogens (tertiary/aromatic N) is 4. The van der Waals surface area contributed by atoms with Crippen molar-refractivity contribution in [2.45, 2.75) is 31.0 Å². The molecule has 0 radical (unpaired) electrons. The Hall–Kier alpha value is -2.63. The van der Waals surface area contributed by atoms with Gasteiger partial charge in [-0.3, -0.25) is 0 Å². The fourth-order valence-electron chi connectivity index (χ4n) is 5.02. The Morgan fingerprint density at radius 2 is 1.57 bits per heavy atom. The molecule has 10 heteroatoms. The molecule has 0 saturated carbocycles. The Morgan fingerprint density at radius 1 is 0.905 bits per heavy atom. The molecule has 0 amide bonds. The highest BCUT2D eigenvalue weighted by Crippen LogP contribution is 2.28. The summed E-state index contributed by atoms with van der Waals surface area (Å²) < 4.78 is 29.1. The van der Waals surface area contributed by atoms with Crippen LogP contribution in [-0.4, -0.2) is 73.8 Å². The van der Waals surface area contributed by atoms with Gasteiger partial charge in [0, 0.05) is 56.8 Å². The van der Waals surface area contributed by atoms with Crippen molar-refractivity contribution < 1.29 is 8.42 Å². The summed E-state index contributed by atoms with van der Waals surface area (Å²) in [4.78, 5) is 9.70. The van der Waals surface area contributed by atoms with E-state index < -0.39 is 10.0 Å². The second-order valence-corrected chi connectivity index (χ2v) is 13.9. The van der Waals surface area contributed by atoms with Gasteiger partial charge in [0.1, 0.15) is 9.90 Å². The highest BCUT2D eigenvalue weighted by Gasteiger charge is 2.28. The maximum atomic E-state index is 13.8. The van der Waals surface area contributed by atoms with Crippen LogP contribution < -0.4 is 5.32 Å². The minimum atomic E-state index is -3.80. The molecule has 0 atom stereocenters. The molecule has 222 valence electrons. The molecule has 42 heavy (non-hydrogen) atoms. The second kappa shape index (κ2) is 14.7. The second-order valence-electron chi connectivity index (χ2n) is 10.7. The molecule has 1 aliphatic heterocycles. The lowest BCUT2D eigenvalue weighted by Gasteiger charge is -2.32. The van der Waals surface area contributed by atoms with E-state index in [1.807, 2.05) is 23.6 Å². The van der Waals surface area contributed by atoms with E-state index in [2.05, 4.69) is 58.6 Å². The number of thiazole rings is 1. The number of likely N-dealkylation sites (N-methyl/N-ethyl adjacent to an activating group) is 1. The molecule has 3 aromatic carbocycles. The monoisotopic (exact) mass is 623 g/mol. The van der Waals surface area contributed by atoms with Crippen molar-refractivity contribution in [1.29, 1.82) is 0 Å². The molecule has 4 aromatic rings. The van der Waals surface area contributed by atoms with Crippen LogP contribution in [-0.2, 0) is 29.7 Å². The van der Waals surface area contributed by atoms with E-state index in [-0.39, 0.29) is 16.5 Å². The van der Waals surface area contributed by atoms with Crippen LogP contribution in [0.1, 0.15) is 23.2 Å². The predicted octanol–water partition coefficient (Wildman–Crippen LogP) is 5.58. The van der Waals surface area contributed by atoms with Crippen LogP contribution in [0.3, 0.4) is 0 Å². The third kappa shape index (κ3) is 8.26. The van der Waals surface area contributed by atoms with Crippen molar-refractivity contribution in [2.24, 2.45) is 0 Å². The van der Waals surface area contributed by atoms with Gasteiger partial charge in [-0.1, -0.05) is 78.3 Å². The largest absolute Gasteiger partial charge is 0.309 e. The molecule has 1 aliphatic rings. The topological polar surface area (TPSA) is 68.8 Å². The Morgan fingerprint density at radius 3 is 2.29 bits per heavy atom. The summed E-state index contributed by atoms with van der Waals surface area (Å²) in [5.74, 6) is 0. The molecule has 1 aromatic heterocycles. The first-order chi connectivity index (χ1) is 20.4. The third-order valence-electron chi connectivity index (χ3n) is 7.52. The molecule has 0 bridgehead atoms. The summed E-state index contributed by atoms with van der Waals surface area (Å²) in [5.41, 5.74) is 4.21. The standard InChI is InChI=1S/C32H38ClN5O2S2/c1-36-18-20-37(21-19-36)16-7-17-38(42(39,40)31-11-6-5-10-30(31)33)24-29-25-41-32(35-29)28-14-12-27(13-15-28)23-34-22-26-8-3-2-4-9-26/h2-6,8-15,25,34H,7,16-24H2,1H3. The van der Waals surface area contributed by atoms with Crippen molar-refractivity contribution in [3.8, 4) is 10.6 Å². The highest BCUT2D eigenvalue weighted by molar-refractivity contribution is 7.89. The molecule has 0 spiro atoms. The lowest BCUT2D eigenvalue weighted by molar-refractivity contribution is 0.150. The SMILES string of the molecule is CN1CCN(CCCN(Cc2csc(-c3ccc(CNCc4ccccc4)cc3)n2)S(=O)(=O)c2ccccc2Cl)CC1. The van der Waals surface area contributed by atoms with Crippen LogP contribution in [0.15, 0.2) is 89.1 Å². The highest BCUT2D eigenvalue weighted by atomic mass is 35.5. The first kappa shape index (κ1) is 30.8. The van der Waals surface area contributed by atoms with Gasteiger partial charge in [-0.25, -0.2) is 13.4 Å². The predicted molar refractivity (Wildman–Crippen MR) is 172 cm³/mol. The Kier molecular flexibility index (Phi) is 10.8. The van der Waals surface area contributed by atoms with E-state index in [4.69, 9.17) is 16.6 Å². The average molecular weight is 624 g/mol. The first-order valence-corrected chi connectivity index (χ1v) is 17.0. The van der Waals surface area contributed by atoms with E-state index in [9.17, 15) is 8.42 Å². The van der Waals surface area contributed by atoms with Crippen LogP contribution in [0.25, 0.3) is 10.6 Å². The van der Waals surface area contributed by atoms with Gasteiger partial charge in [0.2, 0.25) is 10.0 Å². The normalized spacial score (nSPS) is 14.9. The Labute approximate surface area is 258 Å². The number of hydrogen-bond acceptors (Lipinski definition) is 7. The van der Waals surface area contributed by atoms with Gasteiger partial charge in [0.05, 0.1) is 17.3 Å². The Bertz CT molecular complexity index is 1520. The van der Waals surface area contributed by atoms with Gasteiger partial charge in [-0.15, -0.1) is 11.3 Å². The van der Waals surface area contributed by atoms with Crippen molar-refractivity contribution in [3.05, 3.63) is 106 Å². The fourth-order valence-corrected chi connectivity index (χ4v) is 7.78. The number of hydrogen-bond donors (Lipinski definition) is 1. The molecular weight excluding hydrogens is 586 g/mol. The van der Waals surface area contributed by atoms with Crippen LogP contribution >= 0.6 is 22.9 Å². The first-order valence-electron chi connectivity index (χ1n) is 14.3. The zero-order valence-electron chi connectivity index (χ0n) is 24.0. The lowest BCUT2D eigenvalue weighted by atomic mass is 10.1. The number of sulfonamides is 1. The van der Waals surface area contributed by atoms with E-state index in [1.165, 1.54) is 26.8 Å². The van der Waals surface area contributed by atoms with Crippen molar-refractivity contribution in [2.75, 3.05) is 46.3 Å². The Balaban J connectivity index is 1.24. The fraction of sp³-hybridized carbons (Fsp3) is 0.344. The van der Waals surface area contributed by atoms with E-state index in [0.717, 1.165) is 68.5 Å². The number of piperazine rings is 1. The van der Waals surface area contributed by atoms with Gasteiger partial charge in [-0.2, -0.15) is 4.31 Å². The molecule has 5 rings (SSSR count). The van der Waals surface area contributed by atoms with Gasteiger partial charge in [0.15, 0.2) is 0 Å². The van der Waals surface area contributed by atoms with E-state index in [1.54, 1.807) is 24.3 Å². The van der Waals surface area contributed by atoms with E-state index in [0.29, 0.717) is 6.54 Å². The van der Waals surface area contributed by atoms with Crippen LogP contribution in [0.4, 0.5) is 0 Å². The number of nitrogens with one attached hydrogen (secondary N) is 1. The third-order valence-corrected chi connectivity index (χ3v) is 10.8. The molecule has 1 fully saturated rings. The van der Waals surface area contributed by atoms with Crippen LogP contribution in [0, 0.1) is 0 Å². The van der Waals surface area contributed by atoms with Crippen molar-refractivity contribution in [1.82, 2.24) is 24.4 Å². The minimum absolute atomic E-state index is 0.137. The zero-order chi connectivity index (χ0) is 29.4. The van der Waals surface area contributed by atoms with E-state index >= 15 is 0 Å². The summed E-state index contributed by atoms with van der Waals surface area (Å²) in [6, 6.07) is 25.4. The molecule has 1 N–H and O–H groups in total. The minimum Gasteiger partial charge on any atom is -0.309 e. The van der Waals surface area contributed by atoms with Gasteiger partial charge < -0.3 is 15.1 Å². The molecule has 2 heterocycles. The average Bonchev–Trinajstić information content (AvgIpc) is 3.47. The summed E-state index contributed by atoms with van der Waals surface area (Å²) in [6.45, 7) is 7.14. The molecule has 1 saturated heterocycles. The van der Waals surface area contributed by atoms with Gasteiger partial charge in [0.25, 0.3) is 0 Å². The lowest BCUT2D eigenvalue weighted by Crippen LogP contribution is -2.45. The zero-order valence-corrected chi connectivity index (χ0v) is 26.3. The molecule has 7 nitrogen and oxygen atoms in total. The quantitative estimate of drug-likeness (QED) is 0.210. The van der Waals surface area contributed by atoms with Crippen molar-refractivity contribution in [3.63, 3.8) is 0 Å². The molecular formula is C32H38ClN5O2S2. The molecule has 0 unspecified atom stereocenters. The van der Waals surface area contributed by atoms with Gasteiger partial charge in [-0.05, 0) is 43.3 Å². The maximum absolute atomic E-state index is 13.8. The molecule has 0 aliphatic carbocycles. The summed E-state index contributed by atoms with van der Waals surface area (Å²) >= 11 is 7.88. The summed E-state index contributed by atoms with van der Waals surface area (Å²) in [7, 11) is -1.66. The summed E-state index contributed by atoms with van der Waals surface area (Å²) in [6.07, 6.45) is 0.740. The maximum Gasteiger partial charge on any atom is 0.244 e. The summed E-state index contributed by atoms with van der Waals surface area (Å²) in [5, 5.41) is 6.55. The van der Waals surface area contributed by atoms with Crippen LogP contribution in [0.2, 0.25) is 5.02 Å². The smallest absolute Gasteiger partial charge is 0.244 e. The number of halogens is 1. The number of aromatic nitrogens is 1. The number of benzene rings is 3. The van der Waals surface area contributed by atoms with Crippen LogP contribution in [0.5, 0.6) is 0 Å². The van der Waals surface area contributed by atoms with Crippen molar-refractivity contribution >= 4 is 33.0 Å². The number of rotatable bonds is 13.